The van der Waals surface area contributed by atoms with Gasteiger partial charge in [-0.15, -0.1) is 0 Å². The maximum absolute atomic E-state index is 12.9. The van der Waals surface area contributed by atoms with Crippen molar-refractivity contribution in [3.05, 3.63) is 70.9 Å². The van der Waals surface area contributed by atoms with Crippen molar-refractivity contribution in [2.75, 3.05) is 31.0 Å². The Morgan fingerprint density at radius 1 is 1.03 bits per heavy atom. The number of alkyl halides is 3. The van der Waals surface area contributed by atoms with Gasteiger partial charge in [-0.3, -0.25) is 4.72 Å². The van der Waals surface area contributed by atoms with Gasteiger partial charge in [0.2, 0.25) is 10.0 Å². The van der Waals surface area contributed by atoms with Gasteiger partial charge in [0.05, 0.1) is 34.4 Å². The molecule has 0 spiro atoms. The fourth-order valence-corrected chi connectivity index (χ4v) is 7.65. The van der Waals surface area contributed by atoms with Crippen LogP contribution in [0.4, 0.5) is 19.0 Å². The van der Waals surface area contributed by atoms with Crippen LogP contribution in [-0.4, -0.2) is 52.4 Å². The summed E-state index contributed by atoms with van der Waals surface area (Å²) in [6.45, 7) is 3.12. The number of rotatable bonds is 8. The zero-order chi connectivity index (χ0) is 28.4. The number of ether oxygens (including phenoxy) is 1. The van der Waals surface area contributed by atoms with Crippen LogP contribution in [-0.2, 0) is 37.4 Å². The van der Waals surface area contributed by atoms with Gasteiger partial charge in [-0.2, -0.15) is 17.5 Å². The van der Waals surface area contributed by atoms with Gasteiger partial charge in [0.25, 0.3) is 10.0 Å². The molecule has 0 unspecified atom stereocenters. The zero-order valence-corrected chi connectivity index (χ0v) is 23.6. The van der Waals surface area contributed by atoms with Gasteiger partial charge in [-0.1, -0.05) is 30.3 Å². The number of hydrogen-bond acceptors (Lipinski definition) is 7. The number of aromatic nitrogens is 1. The van der Waals surface area contributed by atoms with Gasteiger partial charge in [0, 0.05) is 22.9 Å². The van der Waals surface area contributed by atoms with Crippen LogP contribution in [0.2, 0.25) is 5.02 Å². The average Bonchev–Trinajstić information content (AvgIpc) is 2.89. The van der Waals surface area contributed by atoms with Crippen LogP contribution in [0.1, 0.15) is 18.2 Å². The highest BCUT2D eigenvalue weighted by atomic mass is 35.5. The minimum Gasteiger partial charge on any atom is -0.379 e. The quantitative estimate of drug-likeness (QED) is 0.364. The molecule has 2 heterocycles. The van der Waals surface area contributed by atoms with Gasteiger partial charge >= 0.3 is 6.18 Å². The van der Waals surface area contributed by atoms with E-state index >= 15 is 0 Å². The predicted octanol–water partition coefficient (Wildman–Crippen LogP) is 5.29. The molecule has 0 atom stereocenters. The molecule has 15 heteroatoms. The third kappa shape index (κ3) is 6.87. The number of aryl methyl sites for hydroxylation is 1. The van der Waals surface area contributed by atoms with Gasteiger partial charge in [0.1, 0.15) is 10.7 Å². The van der Waals surface area contributed by atoms with Crippen molar-refractivity contribution < 1.29 is 34.7 Å². The molecule has 39 heavy (non-hydrogen) atoms. The van der Waals surface area contributed by atoms with Gasteiger partial charge in [-0.05, 0) is 61.0 Å². The zero-order valence-electron chi connectivity index (χ0n) is 20.4. The van der Waals surface area contributed by atoms with E-state index in [1.807, 2.05) is 6.92 Å². The summed E-state index contributed by atoms with van der Waals surface area (Å²) in [4.78, 5) is 5.48. The lowest BCUT2D eigenvalue weighted by atomic mass is 10.2. The normalized spacial score (nSPS) is 15.3. The number of halogens is 4. The Kier molecular flexibility index (Phi) is 8.83. The number of hydrogen-bond donors (Lipinski definition) is 1. The Bertz CT molecular complexity index is 1560. The molecule has 1 N–H and O–H groups in total. The van der Waals surface area contributed by atoms with E-state index in [9.17, 15) is 30.0 Å². The van der Waals surface area contributed by atoms with Gasteiger partial charge in [-0.25, -0.2) is 21.8 Å². The summed E-state index contributed by atoms with van der Waals surface area (Å²) in [7, 11) is -7.94. The van der Waals surface area contributed by atoms with Crippen LogP contribution < -0.4 is 4.72 Å². The molecule has 1 fully saturated rings. The Labute approximate surface area is 233 Å². The van der Waals surface area contributed by atoms with Gasteiger partial charge < -0.3 is 4.74 Å². The summed E-state index contributed by atoms with van der Waals surface area (Å²) < 4.78 is 98.8. The molecule has 210 valence electrons. The minimum atomic E-state index is -4.66. The second-order valence-corrected chi connectivity index (χ2v) is 13.4. The number of morpholine rings is 1. The first-order chi connectivity index (χ1) is 18.3. The topological polar surface area (TPSA) is 106 Å². The molecule has 0 amide bonds. The number of sulfonamides is 2. The minimum absolute atomic E-state index is 0.0286. The molecule has 8 nitrogen and oxygen atoms in total. The lowest BCUT2D eigenvalue weighted by Gasteiger charge is -2.26. The number of anilines is 1. The fraction of sp³-hybridized carbons (Fsp3) is 0.292. The van der Waals surface area contributed by atoms with Crippen LogP contribution in [0.5, 0.6) is 0 Å². The molecular weight excluding hydrogens is 599 g/mol. The summed E-state index contributed by atoms with van der Waals surface area (Å²) in [5, 5.41) is -0.570. The molecule has 0 bridgehead atoms. The SMILES string of the molecule is CCc1nc(NS(=O)(=O)c2ccc(C(F)(F)F)cc2Cl)ccc1Sc1ccc(S(=O)(=O)N2CCOCC2)cc1. The molecule has 1 aliphatic rings. The first-order valence-corrected chi connectivity index (χ1v) is 15.7. The molecule has 1 aliphatic heterocycles. The van der Waals surface area contributed by atoms with Crippen molar-refractivity contribution in [1.29, 1.82) is 0 Å². The van der Waals surface area contributed by atoms with E-state index in [-0.39, 0.29) is 10.7 Å². The third-order valence-electron chi connectivity index (χ3n) is 5.71. The molecule has 0 aliphatic carbocycles. The second-order valence-electron chi connectivity index (χ2n) is 8.33. The maximum atomic E-state index is 12.9. The van der Waals surface area contributed by atoms with Crippen LogP contribution in [0.15, 0.2) is 74.2 Å². The molecule has 1 aromatic heterocycles. The second kappa shape index (κ2) is 11.6. The van der Waals surface area contributed by atoms with Crippen LogP contribution >= 0.6 is 23.4 Å². The first-order valence-electron chi connectivity index (χ1n) is 11.6. The van der Waals surface area contributed by atoms with E-state index in [1.54, 1.807) is 18.2 Å². The standard InChI is InChI=1S/C24H23ClF3N3O5S3/c1-2-20-21(37-17-4-6-18(7-5-17)39(34,35)31-11-13-36-14-12-31)8-10-23(29-20)30-38(32,33)22-9-3-16(15-19(22)25)24(26,27)28/h3-10,15H,2,11-14H2,1H3,(H,29,30). The summed E-state index contributed by atoms with van der Waals surface area (Å²) in [6.07, 6.45) is -4.22. The maximum Gasteiger partial charge on any atom is 0.416 e. The fourth-order valence-electron chi connectivity index (χ4n) is 3.72. The summed E-state index contributed by atoms with van der Waals surface area (Å²) in [6, 6.07) is 11.5. The molecule has 1 saturated heterocycles. The number of pyridine rings is 1. The number of nitrogens with zero attached hydrogens (tertiary/aromatic N) is 2. The predicted molar refractivity (Wildman–Crippen MR) is 141 cm³/mol. The van der Waals surface area contributed by atoms with E-state index in [4.69, 9.17) is 16.3 Å². The van der Waals surface area contributed by atoms with Crippen molar-refractivity contribution >= 4 is 49.2 Å². The largest absolute Gasteiger partial charge is 0.416 e. The van der Waals surface area contributed by atoms with Crippen molar-refractivity contribution in [2.45, 2.75) is 39.1 Å². The van der Waals surface area contributed by atoms with Crippen molar-refractivity contribution in [3.63, 3.8) is 0 Å². The monoisotopic (exact) mass is 621 g/mol. The summed E-state index contributed by atoms with van der Waals surface area (Å²) in [5.74, 6) is -0.0286. The number of nitrogens with one attached hydrogen (secondary N) is 1. The smallest absolute Gasteiger partial charge is 0.379 e. The van der Waals surface area contributed by atoms with Crippen LogP contribution in [0.25, 0.3) is 0 Å². The third-order valence-corrected chi connectivity index (χ3v) is 10.6. The number of benzene rings is 2. The van der Waals surface area contributed by atoms with E-state index in [0.717, 1.165) is 15.9 Å². The van der Waals surface area contributed by atoms with Crippen molar-refractivity contribution in [3.8, 4) is 0 Å². The molecule has 0 radical (unpaired) electrons. The molecular formula is C24H23ClF3N3O5S3. The molecule has 0 saturated carbocycles. The van der Waals surface area contributed by atoms with E-state index in [1.165, 1.54) is 34.3 Å². The molecule has 4 rings (SSSR count). The van der Waals surface area contributed by atoms with Crippen molar-refractivity contribution in [2.24, 2.45) is 0 Å². The Morgan fingerprint density at radius 3 is 2.28 bits per heavy atom. The van der Waals surface area contributed by atoms with Gasteiger partial charge in [0.15, 0.2) is 0 Å². The average molecular weight is 622 g/mol. The van der Waals surface area contributed by atoms with Crippen molar-refractivity contribution in [1.82, 2.24) is 9.29 Å². The lowest BCUT2D eigenvalue weighted by Crippen LogP contribution is -2.40. The van der Waals surface area contributed by atoms with Crippen LogP contribution in [0, 0.1) is 0 Å². The Balaban J connectivity index is 1.50. The van der Waals surface area contributed by atoms with E-state index in [2.05, 4.69) is 9.71 Å². The highest BCUT2D eigenvalue weighted by Gasteiger charge is 2.32. The highest BCUT2D eigenvalue weighted by Crippen LogP contribution is 2.35. The molecule has 3 aromatic rings. The lowest BCUT2D eigenvalue weighted by molar-refractivity contribution is -0.137. The van der Waals surface area contributed by atoms with E-state index < -0.39 is 41.7 Å². The Hall–Kier alpha value is -2.36. The highest BCUT2D eigenvalue weighted by molar-refractivity contribution is 7.99. The first kappa shape index (κ1) is 29.6. The molecule has 2 aromatic carbocycles. The summed E-state index contributed by atoms with van der Waals surface area (Å²) in [5.41, 5.74) is -0.505. The summed E-state index contributed by atoms with van der Waals surface area (Å²) >= 11 is 7.18. The Morgan fingerprint density at radius 2 is 1.69 bits per heavy atom. The van der Waals surface area contributed by atoms with Crippen LogP contribution in [0.3, 0.4) is 0 Å². The van der Waals surface area contributed by atoms with E-state index in [0.29, 0.717) is 50.6 Å².